The van der Waals surface area contributed by atoms with Gasteiger partial charge >= 0.3 is 0 Å². The Morgan fingerprint density at radius 3 is 2.79 bits per heavy atom. The largest absolute Gasteiger partial charge is 0.326 e. The summed E-state index contributed by atoms with van der Waals surface area (Å²) in [6.07, 6.45) is 5.29. The molecular weight excluding hydrogens is 280 g/mol. The molecule has 0 amide bonds. The van der Waals surface area contributed by atoms with Crippen LogP contribution in [0, 0.1) is 5.92 Å². The Balaban J connectivity index is 2.04. The highest BCUT2D eigenvalue weighted by Crippen LogP contribution is 2.26. The third-order valence-electron chi connectivity index (χ3n) is 3.68. The van der Waals surface area contributed by atoms with Crippen molar-refractivity contribution >= 4 is 21.4 Å². The van der Waals surface area contributed by atoms with E-state index < -0.39 is 10.0 Å². The van der Waals surface area contributed by atoms with Crippen molar-refractivity contribution in [3.05, 3.63) is 17.0 Å². The molecule has 3 N–H and O–H groups in total. The number of nitrogens with one attached hydrogen (secondary N) is 1. The van der Waals surface area contributed by atoms with Crippen LogP contribution >= 0.6 is 11.3 Å². The van der Waals surface area contributed by atoms with Crippen LogP contribution < -0.4 is 10.5 Å². The summed E-state index contributed by atoms with van der Waals surface area (Å²) in [4.78, 5) is 0.898. The van der Waals surface area contributed by atoms with Crippen LogP contribution in [0.5, 0.6) is 0 Å². The topological polar surface area (TPSA) is 72.2 Å². The zero-order chi connectivity index (χ0) is 13.9. The molecule has 1 aliphatic carbocycles. The van der Waals surface area contributed by atoms with E-state index in [0.29, 0.717) is 16.7 Å². The summed E-state index contributed by atoms with van der Waals surface area (Å²) in [5.74, 6) is 0.708. The predicted octanol–water partition coefficient (Wildman–Crippen LogP) is 2.45. The second kappa shape index (κ2) is 6.35. The number of thiophene rings is 1. The predicted molar refractivity (Wildman–Crippen MR) is 78.6 cm³/mol. The van der Waals surface area contributed by atoms with Gasteiger partial charge in [0.2, 0.25) is 10.0 Å². The molecule has 0 radical (unpaired) electrons. The molecule has 1 heterocycles. The molecule has 0 aliphatic heterocycles. The van der Waals surface area contributed by atoms with Gasteiger partial charge in [-0.2, -0.15) is 0 Å². The van der Waals surface area contributed by atoms with Crippen molar-refractivity contribution in [1.29, 1.82) is 0 Å². The van der Waals surface area contributed by atoms with Gasteiger partial charge in [-0.25, -0.2) is 13.1 Å². The number of sulfonamides is 1. The zero-order valence-electron chi connectivity index (χ0n) is 11.3. The molecule has 0 aromatic carbocycles. The molecule has 0 saturated heterocycles. The van der Waals surface area contributed by atoms with Gasteiger partial charge in [0.1, 0.15) is 4.21 Å². The fourth-order valence-corrected chi connectivity index (χ4v) is 5.05. The van der Waals surface area contributed by atoms with Gasteiger partial charge in [0.25, 0.3) is 0 Å². The van der Waals surface area contributed by atoms with Gasteiger partial charge in [-0.3, -0.25) is 0 Å². The molecule has 4 nitrogen and oxygen atoms in total. The molecule has 108 valence electrons. The van der Waals surface area contributed by atoms with E-state index >= 15 is 0 Å². The molecule has 1 aromatic heterocycles. The van der Waals surface area contributed by atoms with E-state index in [4.69, 9.17) is 5.73 Å². The van der Waals surface area contributed by atoms with E-state index in [1.165, 1.54) is 17.8 Å². The molecule has 1 fully saturated rings. The van der Waals surface area contributed by atoms with Crippen molar-refractivity contribution in [2.75, 3.05) is 0 Å². The van der Waals surface area contributed by atoms with Crippen LogP contribution in [0.15, 0.2) is 16.3 Å². The van der Waals surface area contributed by atoms with Gasteiger partial charge in [-0.1, -0.05) is 19.8 Å². The molecule has 1 aliphatic rings. The summed E-state index contributed by atoms with van der Waals surface area (Å²) in [7, 11) is -3.37. The van der Waals surface area contributed by atoms with Gasteiger partial charge in [0, 0.05) is 17.5 Å². The summed E-state index contributed by atoms with van der Waals surface area (Å²) in [5, 5.41) is 0. The molecule has 2 atom stereocenters. The van der Waals surface area contributed by atoms with Crippen LogP contribution in [0.1, 0.15) is 43.9 Å². The Labute approximate surface area is 119 Å². The van der Waals surface area contributed by atoms with Crippen molar-refractivity contribution < 1.29 is 8.42 Å². The first-order chi connectivity index (χ1) is 9.01. The Bertz CT molecular complexity index is 510. The van der Waals surface area contributed by atoms with Gasteiger partial charge in [0.15, 0.2) is 0 Å². The van der Waals surface area contributed by atoms with Crippen LogP contribution in [0.2, 0.25) is 0 Å². The van der Waals surface area contributed by atoms with Crippen LogP contribution in [0.4, 0.5) is 0 Å². The van der Waals surface area contributed by atoms with Crippen molar-refractivity contribution in [2.45, 2.75) is 55.8 Å². The lowest BCUT2D eigenvalue weighted by Gasteiger charge is -2.15. The second-order valence-corrected chi connectivity index (χ2v) is 8.47. The molecular formula is C13H22N2O2S2. The molecule has 0 bridgehead atoms. The smallest absolute Gasteiger partial charge is 0.250 e. The average molecular weight is 302 g/mol. The van der Waals surface area contributed by atoms with Crippen LogP contribution in [0.25, 0.3) is 0 Å². The van der Waals surface area contributed by atoms with Crippen LogP contribution in [-0.2, 0) is 16.6 Å². The summed E-state index contributed by atoms with van der Waals surface area (Å²) >= 11 is 1.26. The highest BCUT2D eigenvalue weighted by atomic mass is 32.2. The van der Waals surface area contributed by atoms with E-state index in [1.54, 1.807) is 12.1 Å². The average Bonchev–Trinajstić information content (AvgIpc) is 2.77. The minimum absolute atomic E-state index is 0.0818. The highest BCUT2D eigenvalue weighted by molar-refractivity contribution is 7.91. The Morgan fingerprint density at radius 1 is 1.32 bits per heavy atom. The van der Waals surface area contributed by atoms with Crippen LogP contribution in [0.3, 0.4) is 0 Å². The highest BCUT2D eigenvalue weighted by Gasteiger charge is 2.23. The van der Waals surface area contributed by atoms with Crippen molar-refractivity contribution in [1.82, 2.24) is 4.72 Å². The summed E-state index contributed by atoms with van der Waals surface area (Å²) in [6.45, 7) is 2.63. The van der Waals surface area contributed by atoms with Gasteiger partial charge in [-0.05, 0) is 37.3 Å². The Morgan fingerprint density at radius 2 is 2.11 bits per heavy atom. The molecule has 2 rings (SSSR count). The molecule has 2 unspecified atom stereocenters. The quantitative estimate of drug-likeness (QED) is 0.839. The summed E-state index contributed by atoms with van der Waals surface area (Å²) in [6, 6.07) is 3.52. The van der Waals surface area contributed by atoms with Gasteiger partial charge in [-0.15, -0.1) is 11.3 Å². The van der Waals surface area contributed by atoms with Crippen molar-refractivity contribution in [2.24, 2.45) is 11.7 Å². The molecule has 1 aromatic rings. The third-order valence-corrected chi connectivity index (χ3v) is 6.80. The lowest BCUT2D eigenvalue weighted by molar-refractivity contribution is 0.485. The minimum Gasteiger partial charge on any atom is -0.326 e. The lowest BCUT2D eigenvalue weighted by atomic mass is 10.0. The van der Waals surface area contributed by atoms with E-state index in [2.05, 4.69) is 11.6 Å². The normalized spacial score (nSPS) is 25.2. The van der Waals surface area contributed by atoms with Gasteiger partial charge < -0.3 is 5.73 Å². The van der Waals surface area contributed by atoms with E-state index in [9.17, 15) is 8.42 Å². The molecule has 1 saturated carbocycles. The molecule has 6 heteroatoms. The SMILES string of the molecule is CC1CCCC(NS(=O)(=O)c2ccc(CN)s2)CC1. The molecule has 19 heavy (non-hydrogen) atoms. The van der Waals surface area contributed by atoms with Crippen molar-refractivity contribution in [3.63, 3.8) is 0 Å². The fourth-order valence-electron chi connectivity index (χ4n) is 2.49. The second-order valence-electron chi connectivity index (χ2n) is 5.36. The van der Waals surface area contributed by atoms with Gasteiger partial charge in [0.05, 0.1) is 0 Å². The Hall–Kier alpha value is -0.430. The minimum atomic E-state index is -3.37. The maximum absolute atomic E-state index is 12.3. The maximum Gasteiger partial charge on any atom is 0.250 e. The number of rotatable bonds is 4. The first kappa shape index (κ1) is 15.0. The summed E-state index contributed by atoms with van der Waals surface area (Å²) < 4.78 is 27.8. The fraction of sp³-hybridized carbons (Fsp3) is 0.692. The monoisotopic (exact) mass is 302 g/mol. The maximum atomic E-state index is 12.3. The number of nitrogens with two attached hydrogens (primary N) is 1. The van der Waals surface area contributed by atoms with E-state index in [-0.39, 0.29) is 6.04 Å². The van der Waals surface area contributed by atoms with Crippen molar-refractivity contribution in [3.8, 4) is 0 Å². The lowest BCUT2D eigenvalue weighted by Crippen LogP contribution is -2.34. The first-order valence-corrected chi connectivity index (χ1v) is 9.12. The summed E-state index contributed by atoms with van der Waals surface area (Å²) in [5.41, 5.74) is 5.52. The van der Waals surface area contributed by atoms with Crippen LogP contribution in [-0.4, -0.2) is 14.5 Å². The third kappa shape index (κ3) is 4.02. The zero-order valence-corrected chi connectivity index (χ0v) is 12.9. The number of hydrogen-bond acceptors (Lipinski definition) is 4. The van der Waals surface area contributed by atoms with E-state index in [1.807, 2.05) is 0 Å². The van der Waals surface area contributed by atoms with E-state index in [0.717, 1.165) is 30.6 Å². The Kier molecular flexibility index (Phi) is 5.00. The standard InChI is InChI=1S/C13H22N2O2S2/c1-10-3-2-4-11(6-5-10)15-19(16,17)13-8-7-12(9-14)18-13/h7-8,10-11,15H,2-6,9,14H2,1H3. The molecule has 0 spiro atoms. The first-order valence-electron chi connectivity index (χ1n) is 6.82. The number of hydrogen-bond donors (Lipinski definition) is 2.